The molecule has 0 aromatic carbocycles. The Hall–Kier alpha value is -0.990. The number of nitrogens with one attached hydrogen (secondary N) is 1. The number of rotatable bonds is 3. The zero-order chi connectivity index (χ0) is 13.2. The van der Waals surface area contributed by atoms with E-state index in [1.54, 1.807) is 30.0 Å². The van der Waals surface area contributed by atoms with Gasteiger partial charge in [0.25, 0.3) is 0 Å². The highest BCUT2D eigenvalue weighted by Crippen LogP contribution is 2.25. The molecule has 1 atom stereocenters. The van der Waals surface area contributed by atoms with Gasteiger partial charge in [0.15, 0.2) is 9.84 Å². The van der Waals surface area contributed by atoms with Crippen LogP contribution in [-0.2, 0) is 9.84 Å². The number of nitrogen functional groups attached to an aromatic ring is 1. The molecular weight excluding hydrogens is 272 g/mol. The molecule has 2 rings (SSSR count). The van der Waals surface area contributed by atoms with E-state index in [1.165, 1.54) is 6.26 Å². The van der Waals surface area contributed by atoms with Crippen molar-refractivity contribution in [3.63, 3.8) is 0 Å². The number of nitrogens with zero attached hydrogens (tertiary/aromatic N) is 2. The average Bonchev–Trinajstić information content (AvgIpc) is 2.38. The van der Waals surface area contributed by atoms with Crippen LogP contribution in [0.25, 0.3) is 0 Å². The van der Waals surface area contributed by atoms with Gasteiger partial charge in [-0.2, -0.15) is 11.8 Å². The summed E-state index contributed by atoms with van der Waals surface area (Å²) in [6.45, 7) is 0.670. The summed E-state index contributed by atoms with van der Waals surface area (Å²) in [7, 11) is -3.13. The second-order valence-corrected chi connectivity index (χ2v) is 7.43. The second-order valence-electron chi connectivity index (χ2n) is 4.08. The van der Waals surface area contributed by atoms with Crippen molar-refractivity contribution < 1.29 is 8.42 Å². The Kier molecular flexibility index (Phi) is 3.98. The Morgan fingerprint density at radius 1 is 1.56 bits per heavy atom. The van der Waals surface area contributed by atoms with E-state index in [1.807, 2.05) is 4.90 Å². The van der Waals surface area contributed by atoms with Gasteiger partial charge in [-0.05, 0) is 12.1 Å². The van der Waals surface area contributed by atoms with Crippen LogP contribution in [0.4, 0.5) is 11.6 Å². The maximum absolute atomic E-state index is 11.8. The van der Waals surface area contributed by atoms with E-state index in [0.29, 0.717) is 23.9 Å². The molecule has 0 bridgehead atoms. The van der Waals surface area contributed by atoms with Gasteiger partial charge in [-0.15, -0.1) is 0 Å². The van der Waals surface area contributed by atoms with E-state index in [9.17, 15) is 8.42 Å². The first-order valence-electron chi connectivity index (χ1n) is 5.49. The number of pyridine rings is 1. The highest BCUT2D eigenvalue weighted by atomic mass is 32.2. The van der Waals surface area contributed by atoms with Crippen LogP contribution in [-0.4, -0.2) is 43.1 Å². The molecule has 3 N–H and O–H groups in total. The summed E-state index contributed by atoms with van der Waals surface area (Å²) < 4.78 is 23.6. The van der Waals surface area contributed by atoms with Crippen molar-refractivity contribution >= 4 is 33.2 Å². The van der Waals surface area contributed by atoms with Crippen molar-refractivity contribution in [3.8, 4) is 0 Å². The number of nitrogens with two attached hydrogens (primary N) is 1. The van der Waals surface area contributed by atoms with Crippen LogP contribution in [0.3, 0.4) is 0 Å². The van der Waals surface area contributed by atoms with E-state index in [4.69, 9.17) is 5.84 Å². The molecule has 2 heterocycles. The highest BCUT2D eigenvalue weighted by Gasteiger charge is 2.31. The van der Waals surface area contributed by atoms with Gasteiger partial charge in [-0.25, -0.2) is 19.2 Å². The predicted molar refractivity (Wildman–Crippen MR) is 75.3 cm³/mol. The smallest absolute Gasteiger partial charge is 0.169 e. The monoisotopic (exact) mass is 288 g/mol. The lowest BCUT2D eigenvalue weighted by molar-refractivity contribution is 0.583. The van der Waals surface area contributed by atoms with Gasteiger partial charge in [-0.1, -0.05) is 6.07 Å². The van der Waals surface area contributed by atoms with E-state index < -0.39 is 15.2 Å². The lowest BCUT2D eigenvalue weighted by Gasteiger charge is -2.35. The zero-order valence-corrected chi connectivity index (χ0v) is 11.7. The first-order valence-corrected chi connectivity index (χ1v) is 8.60. The van der Waals surface area contributed by atoms with Crippen LogP contribution in [0.15, 0.2) is 18.2 Å². The Balaban J connectivity index is 2.33. The maximum Gasteiger partial charge on any atom is 0.169 e. The van der Waals surface area contributed by atoms with Gasteiger partial charge in [-0.3, -0.25) is 0 Å². The number of thioether (sulfide) groups is 1. The van der Waals surface area contributed by atoms with Crippen molar-refractivity contribution in [1.29, 1.82) is 0 Å². The van der Waals surface area contributed by atoms with Crippen molar-refractivity contribution in [2.75, 3.05) is 34.6 Å². The standard InChI is InChI=1S/C10H16N4O2S2/c1-18(15,16)10-7-17-6-5-14(10)9-4-2-3-8(12-9)13-11/h2-4,10H,5-7,11H2,1H3,(H,12,13). The van der Waals surface area contributed by atoms with Crippen LogP contribution < -0.4 is 16.2 Å². The predicted octanol–water partition coefficient (Wildman–Crippen LogP) is 0.291. The van der Waals surface area contributed by atoms with Gasteiger partial charge in [0.2, 0.25) is 0 Å². The highest BCUT2D eigenvalue weighted by molar-refractivity contribution is 8.01. The molecule has 1 aromatic rings. The maximum atomic E-state index is 11.8. The molecule has 1 unspecified atom stereocenters. The molecule has 6 nitrogen and oxygen atoms in total. The summed E-state index contributed by atoms with van der Waals surface area (Å²) in [6.07, 6.45) is 1.27. The molecule has 0 aliphatic carbocycles. The third-order valence-electron chi connectivity index (χ3n) is 2.76. The Morgan fingerprint density at radius 3 is 3.00 bits per heavy atom. The first kappa shape index (κ1) is 13.4. The molecule has 1 aliphatic heterocycles. The fourth-order valence-corrected chi connectivity index (χ4v) is 4.69. The molecule has 1 aliphatic rings. The van der Waals surface area contributed by atoms with Crippen LogP contribution in [0.1, 0.15) is 0 Å². The molecular formula is C10H16N4O2S2. The lowest BCUT2D eigenvalue weighted by Crippen LogP contribution is -2.47. The minimum Gasteiger partial charge on any atom is -0.338 e. The minimum absolute atomic E-state index is 0.517. The van der Waals surface area contributed by atoms with Crippen LogP contribution in [0.2, 0.25) is 0 Å². The summed E-state index contributed by atoms with van der Waals surface area (Å²) in [5, 5.41) is -0.517. The number of anilines is 2. The Bertz CT molecular complexity index is 520. The topological polar surface area (TPSA) is 88.3 Å². The van der Waals surface area contributed by atoms with Crippen LogP contribution in [0.5, 0.6) is 0 Å². The zero-order valence-electron chi connectivity index (χ0n) is 10.0. The summed E-state index contributed by atoms with van der Waals surface area (Å²) in [5.41, 5.74) is 2.47. The van der Waals surface area contributed by atoms with Crippen molar-refractivity contribution in [1.82, 2.24) is 4.98 Å². The number of aromatic nitrogens is 1. The summed E-state index contributed by atoms with van der Waals surface area (Å²) in [4.78, 5) is 6.12. The molecule has 100 valence electrons. The van der Waals surface area contributed by atoms with Gasteiger partial charge in [0, 0.05) is 24.3 Å². The number of hydrogen-bond acceptors (Lipinski definition) is 7. The molecule has 8 heteroatoms. The van der Waals surface area contributed by atoms with Gasteiger partial charge >= 0.3 is 0 Å². The number of sulfone groups is 1. The third kappa shape index (κ3) is 2.88. The molecule has 0 spiro atoms. The molecule has 1 fully saturated rings. The van der Waals surface area contributed by atoms with Crippen molar-refractivity contribution in [3.05, 3.63) is 18.2 Å². The number of hydrazine groups is 1. The minimum atomic E-state index is -3.13. The Morgan fingerprint density at radius 2 is 2.33 bits per heavy atom. The van der Waals surface area contributed by atoms with Crippen molar-refractivity contribution in [2.45, 2.75) is 5.37 Å². The van der Waals surface area contributed by atoms with Gasteiger partial charge in [0.1, 0.15) is 17.0 Å². The summed E-state index contributed by atoms with van der Waals surface area (Å²) in [5.74, 6) is 7.95. The molecule has 18 heavy (non-hydrogen) atoms. The molecule has 1 aromatic heterocycles. The fraction of sp³-hybridized carbons (Fsp3) is 0.500. The van der Waals surface area contributed by atoms with E-state index in [0.717, 1.165) is 5.75 Å². The molecule has 0 radical (unpaired) electrons. The van der Waals surface area contributed by atoms with Gasteiger partial charge < -0.3 is 10.3 Å². The third-order valence-corrected chi connectivity index (χ3v) is 5.40. The molecule has 1 saturated heterocycles. The normalized spacial score (nSPS) is 20.8. The van der Waals surface area contributed by atoms with Gasteiger partial charge in [0.05, 0.1) is 0 Å². The Labute approximate surface area is 111 Å². The first-order chi connectivity index (χ1) is 8.52. The quantitative estimate of drug-likeness (QED) is 0.610. The van der Waals surface area contributed by atoms with E-state index in [2.05, 4.69) is 10.4 Å². The fourth-order valence-electron chi connectivity index (χ4n) is 1.86. The second kappa shape index (κ2) is 5.33. The SMILES string of the molecule is CS(=O)(=O)C1CSCCN1c1cccc(NN)n1. The van der Waals surface area contributed by atoms with Crippen LogP contribution >= 0.6 is 11.8 Å². The molecule has 0 amide bonds. The van der Waals surface area contributed by atoms with Crippen LogP contribution in [0, 0.1) is 0 Å². The van der Waals surface area contributed by atoms with E-state index >= 15 is 0 Å². The number of hydrogen-bond donors (Lipinski definition) is 2. The summed E-state index contributed by atoms with van der Waals surface area (Å²) >= 11 is 1.65. The lowest BCUT2D eigenvalue weighted by atomic mass is 10.4. The average molecular weight is 288 g/mol. The van der Waals surface area contributed by atoms with Crippen molar-refractivity contribution in [2.24, 2.45) is 5.84 Å². The molecule has 0 saturated carbocycles. The summed E-state index contributed by atoms with van der Waals surface area (Å²) in [6, 6.07) is 5.34. The van der Waals surface area contributed by atoms with E-state index in [-0.39, 0.29) is 0 Å². The largest absolute Gasteiger partial charge is 0.338 e.